The molecule has 1 fully saturated rings. The Balaban J connectivity index is 2.47. The topological polar surface area (TPSA) is 47.6 Å². The molecule has 4 nitrogen and oxygen atoms in total. The molecular weight excluding hydrogens is 170 g/mol. The van der Waals surface area contributed by atoms with Gasteiger partial charge in [0.15, 0.2) is 6.10 Å². The number of hydrogen-bond donors (Lipinski definition) is 1. The highest BCUT2D eigenvalue weighted by molar-refractivity contribution is 5.75. The molecule has 0 saturated carbocycles. The summed E-state index contributed by atoms with van der Waals surface area (Å²) in [6, 6.07) is 0. The fourth-order valence-electron chi connectivity index (χ4n) is 1.34. The minimum atomic E-state index is -0.455. The second-order valence-electron chi connectivity index (χ2n) is 3.75. The van der Waals surface area contributed by atoms with E-state index < -0.39 is 6.10 Å². The maximum absolute atomic E-state index is 11.3. The number of carbonyl (C=O) groups is 1. The summed E-state index contributed by atoms with van der Waals surface area (Å²) in [6.45, 7) is 7.40. The quantitative estimate of drug-likeness (QED) is 0.632. The summed E-state index contributed by atoms with van der Waals surface area (Å²) in [5.74, 6) is -0.275. The molecule has 13 heavy (non-hydrogen) atoms. The minimum absolute atomic E-state index is 0.275. The summed E-state index contributed by atoms with van der Waals surface area (Å²) in [7, 11) is 0. The van der Waals surface area contributed by atoms with E-state index in [0.29, 0.717) is 13.2 Å². The number of nitrogens with one attached hydrogen (secondary N) is 1. The highest BCUT2D eigenvalue weighted by atomic mass is 16.6. The highest BCUT2D eigenvalue weighted by Gasteiger charge is 2.33. The number of esters is 1. The van der Waals surface area contributed by atoms with E-state index in [-0.39, 0.29) is 11.6 Å². The van der Waals surface area contributed by atoms with Gasteiger partial charge in [-0.25, -0.2) is 4.79 Å². The first-order chi connectivity index (χ1) is 6.05. The van der Waals surface area contributed by atoms with Gasteiger partial charge in [-0.3, -0.25) is 0 Å². The summed E-state index contributed by atoms with van der Waals surface area (Å²) in [4.78, 5) is 11.3. The van der Waals surface area contributed by atoms with Crippen LogP contribution in [0.25, 0.3) is 0 Å². The number of morpholine rings is 1. The van der Waals surface area contributed by atoms with Crippen molar-refractivity contribution in [3.05, 3.63) is 0 Å². The zero-order valence-electron chi connectivity index (χ0n) is 8.42. The normalized spacial score (nSPS) is 26.8. The molecule has 76 valence electrons. The molecule has 1 saturated heterocycles. The van der Waals surface area contributed by atoms with Crippen LogP contribution < -0.4 is 5.32 Å². The molecule has 1 atom stereocenters. The Kier molecular flexibility index (Phi) is 3.27. The molecule has 0 bridgehead atoms. The molecule has 0 aromatic rings. The van der Waals surface area contributed by atoms with Crippen molar-refractivity contribution in [2.24, 2.45) is 0 Å². The van der Waals surface area contributed by atoms with Crippen LogP contribution in [0.1, 0.15) is 20.8 Å². The molecule has 1 N–H and O–H groups in total. The first-order valence-electron chi connectivity index (χ1n) is 4.60. The van der Waals surface area contributed by atoms with Crippen LogP contribution in [0.5, 0.6) is 0 Å². The monoisotopic (exact) mass is 187 g/mol. The standard InChI is InChI=1S/C9H17NO3/c1-4-12-8(11)7-5-10-6-9(2,3)13-7/h7,10H,4-6H2,1-3H3. The first-order valence-corrected chi connectivity index (χ1v) is 4.60. The molecule has 4 heteroatoms. The van der Waals surface area contributed by atoms with Gasteiger partial charge in [0.2, 0.25) is 0 Å². The molecule has 1 rings (SSSR count). The van der Waals surface area contributed by atoms with Crippen LogP contribution in [0.4, 0.5) is 0 Å². The largest absolute Gasteiger partial charge is 0.464 e. The Labute approximate surface area is 78.6 Å². The van der Waals surface area contributed by atoms with Gasteiger partial charge in [-0.15, -0.1) is 0 Å². The lowest BCUT2D eigenvalue weighted by Crippen LogP contribution is -2.53. The van der Waals surface area contributed by atoms with Crippen molar-refractivity contribution < 1.29 is 14.3 Å². The van der Waals surface area contributed by atoms with Crippen molar-refractivity contribution in [1.29, 1.82) is 0 Å². The Morgan fingerprint density at radius 1 is 1.69 bits per heavy atom. The Bertz CT molecular complexity index is 191. The fraction of sp³-hybridized carbons (Fsp3) is 0.889. The van der Waals surface area contributed by atoms with E-state index in [2.05, 4.69) is 5.32 Å². The SMILES string of the molecule is CCOC(=O)C1CNCC(C)(C)O1. The maximum Gasteiger partial charge on any atom is 0.336 e. The van der Waals surface area contributed by atoms with Crippen molar-refractivity contribution in [1.82, 2.24) is 5.32 Å². The van der Waals surface area contributed by atoms with Gasteiger partial charge in [-0.05, 0) is 20.8 Å². The van der Waals surface area contributed by atoms with Gasteiger partial charge in [0.25, 0.3) is 0 Å². The predicted octanol–water partition coefficient (Wildman–Crippen LogP) is 0.316. The number of carbonyl (C=O) groups excluding carboxylic acids is 1. The molecule has 0 amide bonds. The summed E-state index contributed by atoms with van der Waals surface area (Å²) < 4.78 is 10.4. The molecule has 0 aromatic carbocycles. The summed E-state index contributed by atoms with van der Waals surface area (Å²) >= 11 is 0. The third-order valence-corrected chi connectivity index (χ3v) is 1.89. The van der Waals surface area contributed by atoms with Gasteiger partial charge >= 0.3 is 5.97 Å². The zero-order valence-corrected chi connectivity index (χ0v) is 8.42. The molecule has 1 heterocycles. The van der Waals surface area contributed by atoms with Gasteiger partial charge in [0, 0.05) is 13.1 Å². The summed E-state index contributed by atoms with van der Waals surface area (Å²) in [5, 5.41) is 3.14. The number of hydrogen-bond acceptors (Lipinski definition) is 4. The Hall–Kier alpha value is -0.610. The molecule has 0 aromatic heterocycles. The third kappa shape index (κ3) is 2.97. The highest BCUT2D eigenvalue weighted by Crippen LogP contribution is 2.15. The van der Waals surface area contributed by atoms with E-state index in [1.165, 1.54) is 0 Å². The number of ether oxygens (including phenoxy) is 2. The molecule has 1 unspecified atom stereocenters. The second-order valence-corrected chi connectivity index (χ2v) is 3.75. The van der Waals surface area contributed by atoms with Gasteiger partial charge < -0.3 is 14.8 Å². The number of rotatable bonds is 2. The van der Waals surface area contributed by atoms with Crippen LogP contribution in [0.15, 0.2) is 0 Å². The summed E-state index contributed by atoms with van der Waals surface area (Å²) in [6.07, 6.45) is -0.455. The fourth-order valence-corrected chi connectivity index (χ4v) is 1.34. The minimum Gasteiger partial charge on any atom is -0.464 e. The smallest absolute Gasteiger partial charge is 0.336 e. The molecular formula is C9H17NO3. The lowest BCUT2D eigenvalue weighted by Gasteiger charge is -2.35. The summed E-state index contributed by atoms with van der Waals surface area (Å²) in [5.41, 5.74) is -0.282. The molecule has 1 aliphatic heterocycles. The van der Waals surface area contributed by atoms with E-state index >= 15 is 0 Å². The van der Waals surface area contributed by atoms with Crippen LogP contribution in [-0.2, 0) is 14.3 Å². The van der Waals surface area contributed by atoms with Crippen molar-refractivity contribution >= 4 is 5.97 Å². The van der Waals surface area contributed by atoms with Crippen molar-refractivity contribution in [2.75, 3.05) is 19.7 Å². The average molecular weight is 187 g/mol. The Morgan fingerprint density at radius 2 is 2.38 bits per heavy atom. The van der Waals surface area contributed by atoms with E-state index in [1.54, 1.807) is 6.92 Å². The zero-order chi connectivity index (χ0) is 9.90. The molecule has 0 radical (unpaired) electrons. The molecule has 1 aliphatic rings. The van der Waals surface area contributed by atoms with Gasteiger partial charge in [-0.2, -0.15) is 0 Å². The second kappa shape index (κ2) is 4.07. The van der Waals surface area contributed by atoms with Crippen LogP contribution >= 0.6 is 0 Å². The van der Waals surface area contributed by atoms with Crippen LogP contribution in [0.3, 0.4) is 0 Å². The molecule has 0 spiro atoms. The predicted molar refractivity (Wildman–Crippen MR) is 48.5 cm³/mol. The third-order valence-electron chi connectivity index (χ3n) is 1.89. The maximum atomic E-state index is 11.3. The van der Waals surface area contributed by atoms with Crippen LogP contribution in [0.2, 0.25) is 0 Å². The van der Waals surface area contributed by atoms with Gasteiger partial charge in [0.05, 0.1) is 12.2 Å². The van der Waals surface area contributed by atoms with E-state index in [0.717, 1.165) is 6.54 Å². The van der Waals surface area contributed by atoms with E-state index in [4.69, 9.17) is 9.47 Å². The Morgan fingerprint density at radius 3 is 2.92 bits per heavy atom. The average Bonchev–Trinajstić information content (AvgIpc) is 2.03. The van der Waals surface area contributed by atoms with E-state index in [9.17, 15) is 4.79 Å². The van der Waals surface area contributed by atoms with Crippen LogP contribution in [-0.4, -0.2) is 37.4 Å². The van der Waals surface area contributed by atoms with Gasteiger partial charge in [-0.1, -0.05) is 0 Å². The lowest BCUT2D eigenvalue weighted by atomic mass is 10.1. The van der Waals surface area contributed by atoms with Crippen molar-refractivity contribution in [3.63, 3.8) is 0 Å². The van der Waals surface area contributed by atoms with Crippen LogP contribution in [0, 0.1) is 0 Å². The van der Waals surface area contributed by atoms with Crippen molar-refractivity contribution in [2.45, 2.75) is 32.5 Å². The lowest BCUT2D eigenvalue weighted by molar-refractivity contribution is -0.171. The van der Waals surface area contributed by atoms with Gasteiger partial charge in [0.1, 0.15) is 0 Å². The van der Waals surface area contributed by atoms with Crippen molar-refractivity contribution in [3.8, 4) is 0 Å². The van der Waals surface area contributed by atoms with E-state index in [1.807, 2.05) is 13.8 Å². The first kappa shape index (κ1) is 10.5. The molecule has 0 aliphatic carbocycles.